The van der Waals surface area contributed by atoms with Gasteiger partial charge in [-0.25, -0.2) is 0 Å². The zero-order valence-electron chi connectivity index (χ0n) is 7.60. The lowest BCUT2D eigenvalue weighted by Crippen LogP contribution is -2.17. The van der Waals surface area contributed by atoms with E-state index in [1.165, 1.54) is 6.20 Å². The number of hydrogen-bond acceptors (Lipinski definition) is 3. The highest BCUT2D eigenvalue weighted by atomic mass is 16.1. The van der Waals surface area contributed by atoms with E-state index in [9.17, 15) is 4.79 Å². The number of rotatable bonds is 4. The molecular weight excluding hydrogens is 168 g/mol. The van der Waals surface area contributed by atoms with Crippen LogP contribution in [0.4, 0.5) is 0 Å². The van der Waals surface area contributed by atoms with Gasteiger partial charge in [-0.15, -0.1) is 0 Å². The quantitative estimate of drug-likeness (QED) is 0.662. The van der Waals surface area contributed by atoms with Crippen LogP contribution in [0.2, 0.25) is 0 Å². The first-order valence-electron chi connectivity index (χ1n) is 4.15. The van der Waals surface area contributed by atoms with E-state index in [0.717, 1.165) is 0 Å². The summed E-state index contributed by atoms with van der Waals surface area (Å²) in [6, 6.07) is 0. The summed E-state index contributed by atoms with van der Waals surface area (Å²) in [5.41, 5.74) is 11.0. The van der Waals surface area contributed by atoms with Crippen LogP contribution in [0.25, 0.3) is 0 Å². The van der Waals surface area contributed by atoms with Gasteiger partial charge in [0.1, 0.15) is 0 Å². The minimum atomic E-state index is -0.452. The molecule has 0 bridgehead atoms. The Labute approximate surface area is 76.7 Å². The Kier molecular flexibility index (Phi) is 3.02. The molecule has 0 saturated carbocycles. The van der Waals surface area contributed by atoms with Gasteiger partial charge in [0, 0.05) is 12.7 Å². The maximum Gasteiger partial charge on any atom is 0.251 e. The van der Waals surface area contributed by atoms with Crippen molar-refractivity contribution in [2.75, 3.05) is 6.54 Å². The van der Waals surface area contributed by atoms with E-state index in [1.807, 2.05) is 6.92 Å². The average Bonchev–Trinajstić information content (AvgIpc) is 2.52. The summed E-state index contributed by atoms with van der Waals surface area (Å²) >= 11 is 0. The minimum Gasteiger partial charge on any atom is -0.366 e. The fourth-order valence-electron chi connectivity index (χ4n) is 0.985. The van der Waals surface area contributed by atoms with Crippen molar-refractivity contribution in [1.29, 1.82) is 0 Å². The highest BCUT2D eigenvalue weighted by Gasteiger charge is 2.05. The molecule has 0 aliphatic heterocycles. The maximum absolute atomic E-state index is 10.7. The Bertz CT molecular complexity index is 294. The molecule has 1 heterocycles. The van der Waals surface area contributed by atoms with E-state index in [0.29, 0.717) is 24.6 Å². The number of aromatic nitrogens is 2. The van der Waals surface area contributed by atoms with Crippen molar-refractivity contribution < 1.29 is 4.79 Å². The zero-order valence-corrected chi connectivity index (χ0v) is 7.60. The molecule has 0 spiro atoms. The monoisotopic (exact) mass is 182 g/mol. The molecule has 1 amide bonds. The summed E-state index contributed by atoms with van der Waals surface area (Å²) in [5, 5.41) is 3.99. The number of hydrogen-bond donors (Lipinski definition) is 2. The van der Waals surface area contributed by atoms with E-state index in [1.54, 1.807) is 10.9 Å². The second-order valence-corrected chi connectivity index (χ2v) is 3.16. The third kappa shape index (κ3) is 2.55. The van der Waals surface area contributed by atoms with Gasteiger partial charge in [0.2, 0.25) is 0 Å². The van der Waals surface area contributed by atoms with Crippen LogP contribution in [-0.2, 0) is 6.54 Å². The van der Waals surface area contributed by atoms with Crippen molar-refractivity contribution in [2.24, 2.45) is 17.4 Å². The number of amides is 1. The molecule has 1 rings (SSSR count). The molecule has 72 valence electrons. The molecule has 5 heteroatoms. The Morgan fingerprint density at radius 3 is 2.92 bits per heavy atom. The molecule has 0 aromatic carbocycles. The molecule has 4 N–H and O–H groups in total. The topological polar surface area (TPSA) is 86.9 Å². The van der Waals surface area contributed by atoms with Gasteiger partial charge in [-0.3, -0.25) is 9.48 Å². The molecular formula is C8H14N4O. The highest BCUT2D eigenvalue weighted by Crippen LogP contribution is 2.00. The second kappa shape index (κ2) is 4.04. The maximum atomic E-state index is 10.7. The molecule has 0 radical (unpaired) electrons. The summed E-state index contributed by atoms with van der Waals surface area (Å²) in [7, 11) is 0. The van der Waals surface area contributed by atoms with Crippen molar-refractivity contribution in [2.45, 2.75) is 13.5 Å². The summed E-state index contributed by atoms with van der Waals surface area (Å²) in [6.07, 6.45) is 3.10. The van der Waals surface area contributed by atoms with Crippen LogP contribution in [-0.4, -0.2) is 22.2 Å². The molecule has 0 aliphatic rings. The van der Waals surface area contributed by atoms with Gasteiger partial charge >= 0.3 is 0 Å². The molecule has 1 unspecified atom stereocenters. The Balaban J connectivity index is 2.64. The molecule has 13 heavy (non-hydrogen) atoms. The van der Waals surface area contributed by atoms with Crippen LogP contribution in [0.3, 0.4) is 0 Å². The Morgan fingerprint density at radius 1 is 1.77 bits per heavy atom. The third-order valence-corrected chi connectivity index (χ3v) is 1.82. The van der Waals surface area contributed by atoms with Gasteiger partial charge in [0.25, 0.3) is 5.91 Å². The summed E-state index contributed by atoms with van der Waals surface area (Å²) in [4.78, 5) is 10.7. The Morgan fingerprint density at radius 2 is 2.46 bits per heavy atom. The van der Waals surface area contributed by atoms with Crippen LogP contribution >= 0.6 is 0 Å². The second-order valence-electron chi connectivity index (χ2n) is 3.16. The SMILES string of the molecule is CC(CN)Cn1cc(C(N)=O)cn1. The fraction of sp³-hybridized carbons (Fsp3) is 0.500. The summed E-state index contributed by atoms with van der Waals surface area (Å²) < 4.78 is 1.68. The van der Waals surface area contributed by atoms with Crippen molar-refractivity contribution in [1.82, 2.24) is 9.78 Å². The number of nitrogens with two attached hydrogens (primary N) is 2. The molecule has 1 aromatic rings. The first-order chi connectivity index (χ1) is 6.13. The third-order valence-electron chi connectivity index (χ3n) is 1.82. The lowest BCUT2D eigenvalue weighted by Gasteiger charge is -2.07. The van der Waals surface area contributed by atoms with Crippen LogP contribution in [0.5, 0.6) is 0 Å². The molecule has 1 aromatic heterocycles. The minimum absolute atomic E-state index is 0.348. The molecule has 1 atom stereocenters. The Hall–Kier alpha value is -1.36. The van der Waals surface area contributed by atoms with Crippen molar-refractivity contribution in [3.05, 3.63) is 18.0 Å². The normalized spacial score (nSPS) is 12.8. The number of carbonyl (C=O) groups excluding carboxylic acids is 1. The van der Waals surface area contributed by atoms with E-state index >= 15 is 0 Å². The van der Waals surface area contributed by atoms with E-state index in [2.05, 4.69) is 5.10 Å². The lowest BCUT2D eigenvalue weighted by atomic mass is 10.2. The zero-order chi connectivity index (χ0) is 9.84. The van der Waals surface area contributed by atoms with Gasteiger partial charge in [-0.2, -0.15) is 5.10 Å². The van der Waals surface area contributed by atoms with Crippen molar-refractivity contribution >= 4 is 5.91 Å². The number of primary amides is 1. The molecule has 0 fully saturated rings. The van der Waals surface area contributed by atoms with E-state index in [-0.39, 0.29) is 0 Å². The number of carbonyl (C=O) groups is 1. The van der Waals surface area contributed by atoms with Crippen LogP contribution in [0.1, 0.15) is 17.3 Å². The standard InChI is InChI=1S/C8H14N4O/c1-6(2-9)4-12-5-7(3-11-12)8(10)13/h3,5-6H,2,4,9H2,1H3,(H2,10,13). The molecule has 0 saturated heterocycles. The predicted molar refractivity (Wildman–Crippen MR) is 49.0 cm³/mol. The van der Waals surface area contributed by atoms with Gasteiger partial charge in [-0.1, -0.05) is 6.92 Å². The van der Waals surface area contributed by atoms with Gasteiger partial charge in [0.05, 0.1) is 11.8 Å². The first kappa shape index (κ1) is 9.73. The van der Waals surface area contributed by atoms with Gasteiger partial charge in [0.15, 0.2) is 0 Å². The molecule has 0 aliphatic carbocycles. The van der Waals surface area contributed by atoms with Gasteiger partial charge in [-0.05, 0) is 12.5 Å². The molecule has 5 nitrogen and oxygen atoms in total. The van der Waals surface area contributed by atoms with Gasteiger partial charge < -0.3 is 11.5 Å². The predicted octanol–water partition coefficient (Wildman–Crippen LogP) is -0.423. The fourth-order valence-corrected chi connectivity index (χ4v) is 0.985. The van der Waals surface area contributed by atoms with Crippen molar-refractivity contribution in [3.63, 3.8) is 0 Å². The first-order valence-corrected chi connectivity index (χ1v) is 4.15. The van der Waals surface area contributed by atoms with Crippen LogP contribution in [0, 0.1) is 5.92 Å². The lowest BCUT2D eigenvalue weighted by molar-refractivity contribution is 0.1000. The van der Waals surface area contributed by atoms with Crippen LogP contribution < -0.4 is 11.5 Å². The van der Waals surface area contributed by atoms with Crippen LogP contribution in [0.15, 0.2) is 12.4 Å². The smallest absolute Gasteiger partial charge is 0.251 e. The number of nitrogens with zero attached hydrogens (tertiary/aromatic N) is 2. The highest BCUT2D eigenvalue weighted by molar-refractivity contribution is 5.92. The largest absolute Gasteiger partial charge is 0.366 e. The van der Waals surface area contributed by atoms with Crippen molar-refractivity contribution in [3.8, 4) is 0 Å². The van der Waals surface area contributed by atoms with E-state index < -0.39 is 5.91 Å². The average molecular weight is 182 g/mol. The summed E-state index contributed by atoms with van der Waals surface area (Å²) in [6.45, 7) is 3.33. The summed E-state index contributed by atoms with van der Waals surface area (Å²) in [5.74, 6) is -0.104. The van der Waals surface area contributed by atoms with E-state index in [4.69, 9.17) is 11.5 Å².